The first kappa shape index (κ1) is 20.5. The number of nitrogens with one attached hydrogen (secondary N) is 1. The second-order valence-electron chi connectivity index (χ2n) is 7.88. The van der Waals surface area contributed by atoms with E-state index in [1.54, 1.807) is 0 Å². The lowest BCUT2D eigenvalue weighted by atomic mass is 9.91. The molecular weight excluding hydrogens is 350 g/mol. The monoisotopic (exact) mass is 381 g/mol. The zero-order valence-electron chi connectivity index (χ0n) is 16.9. The minimum Gasteiger partial charge on any atom is -0.379 e. The number of pyridine rings is 1. The molecule has 1 amide bonds. The van der Waals surface area contributed by atoms with E-state index in [0.29, 0.717) is 19.5 Å². The van der Waals surface area contributed by atoms with Gasteiger partial charge in [-0.25, -0.2) is 0 Å². The predicted molar refractivity (Wildman–Crippen MR) is 111 cm³/mol. The number of likely N-dealkylation sites (tertiary alicyclic amines) is 1. The van der Waals surface area contributed by atoms with Gasteiger partial charge in [-0.1, -0.05) is 30.3 Å². The fourth-order valence-corrected chi connectivity index (χ4v) is 4.00. The Kier molecular flexibility index (Phi) is 6.81. The van der Waals surface area contributed by atoms with Gasteiger partial charge in [0, 0.05) is 37.6 Å². The van der Waals surface area contributed by atoms with Crippen LogP contribution in [0.15, 0.2) is 42.5 Å². The van der Waals surface area contributed by atoms with Crippen molar-refractivity contribution in [3.63, 3.8) is 0 Å². The van der Waals surface area contributed by atoms with Crippen LogP contribution in [-0.2, 0) is 17.8 Å². The van der Waals surface area contributed by atoms with Gasteiger partial charge in [0.15, 0.2) is 5.60 Å². The molecule has 1 aliphatic rings. The fraction of sp³-hybridized carbons (Fsp3) is 0.478. The van der Waals surface area contributed by atoms with Crippen molar-refractivity contribution >= 4 is 5.91 Å². The molecule has 5 heteroatoms. The molecule has 28 heavy (non-hydrogen) atoms. The SMILES string of the molecule is Cc1cc(CNCC2(O)CCCN(CCCc3ccccc3)C2=O)cc(C)n1. The van der Waals surface area contributed by atoms with Crippen LogP contribution < -0.4 is 5.32 Å². The smallest absolute Gasteiger partial charge is 0.255 e. The maximum Gasteiger partial charge on any atom is 0.255 e. The number of aryl methyl sites for hydroxylation is 3. The first-order chi connectivity index (χ1) is 13.5. The van der Waals surface area contributed by atoms with Crippen molar-refractivity contribution in [1.82, 2.24) is 15.2 Å². The lowest BCUT2D eigenvalue weighted by molar-refractivity contribution is -0.156. The summed E-state index contributed by atoms with van der Waals surface area (Å²) in [4.78, 5) is 19.1. The van der Waals surface area contributed by atoms with Gasteiger partial charge in [-0.2, -0.15) is 0 Å². The van der Waals surface area contributed by atoms with E-state index in [1.807, 2.05) is 49.1 Å². The molecule has 1 aromatic carbocycles. The average molecular weight is 382 g/mol. The third kappa shape index (κ3) is 5.40. The first-order valence-corrected chi connectivity index (χ1v) is 10.2. The molecule has 1 fully saturated rings. The number of carbonyl (C=O) groups excluding carboxylic acids is 1. The Morgan fingerprint density at radius 3 is 2.57 bits per heavy atom. The zero-order valence-corrected chi connectivity index (χ0v) is 16.9. The first-order valence-electron chi connectivity index (χ1n) is 10.2. The molecule has 0 radical (unpaired) electrons. The van der Waals surface area contributed by atoms with Crippen LogP contribution in [-0.4, -0.2) is 46.1 Å². The quantitative estimate of drug-likeness (QED) is 0.738. The molecule has 1 unspecified atom stereocenters. The number of nitrogens with zero attached hydrogens (tertiary/aromatic N) is 2. The van der Waals surface area contributed by atoms with Crippen molar-refractivity contribution in [3.05, 3.63) is 65.0 Å². The number of carbonyl (C=O) groups is 1. The Morgan fingerprint density at radius 1 is 1.14 bits per heavy atom. The summed E-state index contributed by atoms with van der Waals surface area (Å²) in [5.74, 6) is -0.138. The lowest BCUT2D eigenvalue weighted by Crippen LogP contribution is -2.58. The van der Waals surface area contributed by atoms with Crippen molar-refractivity contribution < 1.29 is 9.90 Å². The van der Waals surface area contributed by atoms with Gasteiger partial charge in [0.2, 0.25) is 0 Å². The molecule has 1 aromatic heterocycles. The molecular formula is C23H31N3O2. The summed E-state index contributed by atoms with van der Waals surface area (Å²) < 4.78 is 0. The summed E-state index contributed by atoms with van der Waals surface area (Å²) in [6, 6.07) is 14.4. The Labute approximate surface area is 167 Å². The van der Waals surface area contributed by atoms with Gasteiger partial charge >= 0.3 is 0 Å². The molecule has 150 valence electrons. The third-order valence-electron chi connectivity index (χ3n) is 5.33. The summed E-state index contributed by atoms with van der Waals surface area (Å²) >= 11 is 0. The van der Waals surface area contributed by atoms with E-state index in [4.69, 9.17) is 0 Å². The molecule has 2 heterocycles. The molecule has 2 aromatic rings. The van der Waals surface area contributed by atoms with Crippen molar-refractivity contribution in [2.45, 2.75) is 51.7 Å². The largest absolute Gasteiger partial charge is 0.379 e. The van der Waals surface area contributed by atoms with Crippen LogP contribution in [0.1, 0.15) is 41.8 Å². The van der Waals surface area contributed by atoms with Crippen molar-refractivity contribution in [3.8, 4) is 0 Å². The maximum absolute atomic E-state index is 12.9. The number of hydrogen-bond acceptors (Lipinski definition) is 4. The fourth-order valence-electron chi connectivity index (χ4n) is 4.00. The molecule has 0 bridgehead atoms. The summed E-state index contributed by atoms with van der Waals surface area (Å²) in [5, 5.41) is 14.2. The molecule has 3 rings (SSSR count). The highest BCUT2D eigenvalue weighted by atomic mass is 16.3. The van der Waals surface area contributed by atoms with Gasteiger partial charge in [0.25, 0.3) is 5.91 Å². The van der Waals surface area contributed by atoms with Gasteiger partial charge in [-0.3, -0.25) is 9.78 Å². The Bertz CT molecular complexity index is 773. The highest BCUT2D eigenvalue weighted by Gasteiger charge is 2.41. The molecule has 5 nitrogen and oxygen atoms in total. The van der Waals surface area contributed by atoms with Crippen LogP contribution in [0.4, 0.5) is 0 Å². The Balaban J connectivity index is 1.50. The number of amides is 1. The molecule has 1 saturated heterocycles. The zero-order chi connectivity index (χ0) is 20.0. The van der Waals surface area contributed by atoms with E-state index in [-0.39, 0.29) is 12.5 Å². The van der Waals surface area contributed by atoms with Gasteiger partial charge in [-0.15, -0.1) is 0 Å². The highest BCUT2D eigenvalue weighted by Crippen LogP contribution is 2.23. The van der Waals surface area contributed by atoms with Gasteiger partial charge in [0.05, 0.1) is 0 Å². The summed E-state index contributed by atoms with van der Waals surface area (Å²) in [7, 11) is 0. The van der Waals surface area contributed by atoms with Crippen LogP contribution in [0.2, 0.25) is 0 Å². The minimum absolute atomic E-state index is 0.138. The number of piperidine rings is 1. The molecule has 1 atom stereocenters. The van der Waals surface area contributed by atoms with Crippen LogP contribution in [0.25, 0.3) is 0 Å². The number of aliphatic hydroxyl groups is 1. The summed E-state index contributed by atoms with van der Waals surface area (Å²) in [5.41, 5.74) is 3.06. The molecule has 1 aliphatic heterocycles. The maximum atomic E-state index is 12.9. The van der Waals surface area contributed by atoms with Crippen LogP contribution in [0.5, 0.6) is 0 Å². The lowest BCUT2D eigenvalue weighted by Gasteiger charge is -2.38. The normalized spacial score (nSPS) is 19.8. The molecule has 0 spiro atoms. The van der Waals surface area contributed by atoms with Crippen LogP contribution in [0, 0.1) is 13.8 Å². The molecule has 2 N–H and O–H groups in total. The molecule has 0 aliphatic carbocycles. The van der Waals surface area contributed by atoms with Gasteiger partial charge < -0.3 is 15.3 Å². The van der Waals surface area contributed by atoms with E-state index in [2.05, 4.69) is 22.4 Å². The van der Waals surface area contributed by atoms with Gasteiger partial charge in [-0.05, 0) is 62.8 Å². The van der Waals surface area contributed by atoms with E-state index in [9.17, 15) is 9.90 Å². The summed E-state index contributed by atoms with van der Waals surface area (Å²) in [6.07, 6.45) is 3.21. The van der Waals surface area contributed by atoms with E-state index >= 15 is 0 Å². The van der Waals surface area contributed by atoms with E-state index in [0.717, 1.165) is 42.8 Å². The number of hydrogen-bond donors (Lipinski definition) is 2. The standard InChI is InChI=1S/C23H31N3O2/c1-18-14-21(15-19(2)25-18)16-24-17-23(28)11-7-13-26(22(23)27)12-6-10-20-8-4-3-5-9-20/h3-5,8-9,14-15,24,28H,6-7,10-13,16-17H2,1-2H3. The van der Waals surface area contributed by atoms with Crippen molar-refractivity contribution in [2.24, 2.45) is 0 Å². The number of aromatic nitrogens is 1. The van der Waals surface area contributed by atoms with E-state index < -0.39 is 5.60 Å². The van der Waals surface area contributed by atoms with Crippen LogP contribution in [0.3, 0.4) is 0 Å². The van der Waals surface area contributed by atoms with E-state index in [1.165, 1.54) is 5.56 Å². The topological polar surface area (TPSA) is 65.5 Å². The second-order valence-corrected chi connectivity index (χ2v) is 7.88. The van der Waals surface area contributed by atoms with Crippen LogP contribution >= 0.6 is 0 Å². The molecule has 0 saturated carbocycles. The van der Waals surface area contributed by atoms with Crippen molar-refractivity contribution in [1.29, 1.82) is 0 Å². The Hall–Kier alpha value is -2.24. The van der Waals surface area contributed by atoms with Gasteiger partial charge in [0.1, 0.15) is 0 Å². The number of benzene rings is 1. The Morgan fingerprint density at radius 2 is 1.86 bits per heavy atom. The highest BCUT2D eigenvalue weighted by molar-refractivity contribution is 5.86. The average Bonchev–Trinajstić information content (AvgIpc) is 2.65. The minimum atomic E-state index is -1.30. The second kappa shape index (κ2) is 9.30. The van der Waals surface area contributed by atoms with Crippen molar-refractivity contribution in [2.75, 3.05) is 19.6 Å². The predicted octanol–water partition coefficient (Wildman–Crippen LogP) is 2.77. The third-order valence-corrected chi connectivity index (χ3v) is 5.33. The summed E-state index contributed by atoms with van der Waals surface area (Å²) in [6.45, 7) is 6.27. The number of rotatable bonds is 8.